The number of likely N-dealkylation sites (N-methyl/N-ethyl adjacent to an activating group) is 1. The molecule has 1 fully saturated rings. The van der Waals surface area contributed by atoms with Gasteiger partial charge in [0.2, 0.25) is 5.82 Å². The van der Waals surface area contributed by atoms with Crippen molar-refractivity contribution in [3.63, 3.8) is 0 Å². The summed E-state index contributed by atoms with van der Waals surface area (Å²) in [6, 6.07) is 7.70. The molecule has 214 valence electrons. The lowest BCUT2D eigenvalue weighted by molar-refractivity contribution is -0.869. The number of hydrogen-bond donors (Lipinski definition) is 3. The fourth-order valence-corrected chi connectivity index (χ4v) is 4.76. The molecule has 1 heterocycles. The van der Waals surface area contributed by atoms with Gasteiger partial charge in [-0.15, -0.1) is 0 Å². The molecule has 1 aliphatic carbocycles. The lowest BCUT2D eigenvalue weighted by Crippen LogP contribution is -2.54. The van der Waals surface area contributed by atoms with E-state index in [4.69, 9.17) is 16.3 Å². The molecular formula is C28H34ClF2N6O3+. The van der Waals surface area contributed by atoms with Gasteiger partial charge in [0, 0.05) is 36.9 Å². The summed E-state index contributed by atoms with van der Waals surface area (Å²) in [7, 11) is 9.21. The molecule has 12 heteroatoms. The van der Waals surface area contributed by atoms with Crippen LogP contribution in [0.25, 0.3) is 11.3 Å². The van der Waals surface area contributed by atoms with E-state index in [2.05, 4.69) is 42.1 Å². The Morgan fingerprint density at radius 2 is 1.82 bits per heavy atom. The van der Waals surface area contributed by atoms with E-state index in [1.807, 2.05) is 0 Å². The molecule has 9 nitrogen and oxygen atoms in total. The molecule has 0 spiro atoms. The monoisotopic (exact) mass is 575 g/mol. The Bertz CT molecular complexity index is 1420. The van der Waals surface area contributed by atoms with Crippen LogP contribution in [0.2, 0.25) is 5.02 Å². The van der Waals surface area contributed by atoms with Crippen molar-refractivity contribution in [1.29, 1.82) is 0 Å². The Morgan fingerprint density at radius 1 is 1.10 bits per heavy atom. The molecule has 3 N–H and O–H groups in total. The van der Waals surface area contributed by atoms with Crippen LogP contribution >= 0.6 is 11.6 Å². The minimum atomic E-state index is -1.13. The second-order valence-corrected chi connectivity index (χ2v) is 11.3. The normalized spacial score (nSPS) is 16.8. The number of aromatic nitrogens is 2. The van der Waals surface area contributed by atoms with Crippen LogP contribution in [0.5, 0.6) is 5.75 Å². The van der Waals surface area contributed by atoms with Crippen molar-refractivity contribution < 1.29 is 27.6 Å². The number of ether oxygens (including phenoxy) is 1. The number of hydrogen-bond acceptors (Lipinski definition) is 5. The fourth-order valence-electron chi connectivity index (χ4n) is 4.49. The van der Waals surface area contributed by atoms with Crippen LogP contribution in [0, 0.1) is 11.6 Å². The van der Waals surface area contributed by atoms with Crippen LogP contribution in [0.1, 0.15) is 33.8 Å². The molecule has 0 bridgehead atoms. The molecular weight excluding hydrogens is 542 g/mol. The predicted molar refractivity (Wildman–Crippen MR) is 150 cm³/mol. The van der Waals surface area contributed by atoms with Gasteiger partial charge < -0.3 is 29.7 Å². The maximum absolute atomic E-state index is 14.6. The smallest absolute Gasteiger partial charge is 0.291 e. The number of nitrogens with one attached hydrogen (secondary N) is 3. The molecule has 0 atom stereocenters. The molecule has 1 aromatic heterocycles. The number of quaternary nitrogens is 1. The summed E-state index contributed by atoms with van der Waals surface area (Å²) in [6.45, 7) is 1.94. The van der Waals surface area contributed by atoms with E-state index in [-0.39, 0.29) is 39.8 Å². The van der Waals surface area contributed by atoms with Gasteiger partial charge in [0.05, 0.1) is 57.3 Å². The molecule has 0 aliphatic heterocycles. The van der Waals surface area contributed by atoms with Crippen molar-refractivity contribution in [2.45, 2.75) is 24.9 Å². The molecule has 0 radical (unpaired) electrons. The summed E-state index contributed by atoms with van der Waals surface area (Å²) < 4.78 is 35.8. The van der Waals surface area contributed by atoms with Crippen LogP contribution in [-0.4, -0.2) is 79.3 Å². The summed E-state index contributed by atoms with van der Waals surface area (Å²) in [5.74, 6) is -3.36. The molecule has 40 heavy (non-hydrogen) atoms. The van der Waals surface area contributed by atoms with Crippen molar-refractivity contribution in [2.75, 3.05) is 46.7 Å². The van der Waals surface area contributed by atoms with Gasteiger partial charge in [0.1, 0.15) is 0 Å². The van der Waals surface area contributed by atoms with Crippen LogP contribution in [0.15, 0.2) is 36.5 Å². The number of halogens is 3. The third-order valence-corrected chi connectivity index (χ3v) is 7.21. The van der Waals surface area contributed by atoms with E-state index in [9.17, 15) is 18.4 Å². The highest BCUT2D eigenvalue weighted by molar-refractivity contribution is 6.34. The van der Waals surface area contributed by atoms with Crippen molar-refractivity contribution in [2.24, 2.45) is 7.05 Å². The number of imidazole rings is 1. The lowest BCUT2D eigenvalue weighted by Gasteiger charge is -2.37. The zero-order valence-electron chi connectivity index (χ0n) is 23.1. The Balaban J connectivity index is 1.35. The van der Waals surface area contributed by atoms with Crippen molar-refractivity contribution in [3.8, 4) is 17.0 Å². The average molecular weight is 576 g/mol. The minimum Gasteiger partial charge on any atom is -0.494 e. The number of amides is 2. The maximum Gasteiger partial charge on any atom is 0.291 e. The van der Waals surface area contributed by atoms with Crippen molar-refractivity contribution in [3.05, 3.63) is 64.6 Å². The molecule has 2 amide bonds. The summed E-state index contributed by atoms with van der Waals surface area (Å²) >= 11 is 6.38. The SMILES string of the molecule is COc1ccc(-c2cnc(C(=O)Nc3ccc(C(=O)NC4CC(NCC[N+](C)(C)C)C4)c(Cl)c3)n2C)c(F)c1F. The van der Waals surface area contributed by atoms with Crippen LogP contribution in [0.4, 0.5) is 14.5 Å². The summed E-state index contributed by atoms with van der Waals surface area (Å²) in [5.41, 5.74) is 0.792. The van der Waals surface area contributed by atoms with Crippen molar-refractivity contribution >= 4 is 29.1 Å². The molecule has 2 aromatic carbocycles. The molecule has 0 saturated heterocycles. The van der Waals surface area contributed by atoms with E-state index in [0.717, 1.165) is 30.4 Å². The first-order chi connectivity index (χ1) is 18.9. The van der Waals surface area contributed by atoms with E-state index in [1.165, 1.54) is 43.1 Å². The standard InChI is InChI=1S/C28H33ClF2N6O3/c1-36-22(20-8-9-23(40-5)25(31)24(20)30)15-33-26(36)28(39)34-16-6-7-19(21(29)14-16)27(38)35-18-12-17(13-18)32-10-11-37(2,3)4/h6-9,14-15,17-18,32H,10-13H2,1-5H3,(H-,34,35,38,39)/p+1. The molecule has 4 rings (SSSR count). The number of rotatable bonds is 10. The Morgan fingerprint density at radius 3 is 2.48 bits per heavy atom. The van der Waals surface area contributed by atoms with Crippen LogP contribution in [-0.2, 0) is 7.05 Å². The van der Waals surface area contributed by atoms with E-state index >= 15 is 0 Å². The third-order valence-electron chi connectivity index (χ3n) is 6.89. The second kappa shape index (κ2) is 11.9. The Hall–Kier alpha value is -3.54. The highest BCUT2D eigenvalue weighted by Crippen LogP contribution is 2.30. The Kier molecular flexibility index (Phi) is 8.77. The van der Waals surface area contributed by atoms with E-state index in [1.54, 1.807) is 12.1 Å². The van der Waals surface area contributed by atoms with Gasteiger partial charge in [-0.05, 0) is 43.2 Å². The summed E-state index contributed by atoms with van der Waals surface area (Å²) in [4.78, 5) is 29.8. The molecule has 0 unspecified atom stereocenters. The summed E-state index contributed by atoms with van der Waals surface area (Å²) in [5, 5.41) is 9.38. The highest BCUT2D eigenvalue weighted by Gasteiger charge is 2.31. The first-order valence-electron chi connectivity index (χ1n) is 12.9. The predicted octanol–water partition coefficient (Wildman–Crippen LogP) is 3.84. The molecule has 1 saturated carbocycles. The number of benzene rings is 2. The van der Waals surface area contributed by atoms with Gasteiger partial charge in [-0.3, -0.25) is 9.59 Å². The summed E-state index contributed by atoms with van der Waals surface area (Å²) in [6.07, 6.45) is 2.99. The quantitative estimate of drug-likeness (QED) is 0.319. The number of nitrogens with zero attached hydrogens (tertiary/aromatic N) is 3. The van der Waals surface area contributed by atoms with Gasteiger partial charge in [0.25, 0.3) is 11.8 Å². The van der Waals surface area contributed by atoms with Gasteiger partial charge in [0.15, 0.2) is 17.4 Å². The molecule has 1 aliphatic rings. The second-order valence-electron chi connectivity index (χ2n) is 10.9. The van der Waals surface area contributed by atoms with E-state index in [0.29, 0.717) is 17.3 Å². The Labute approximate surface area is 237 Å². The first kappa shape index (κ1) is 29.4. The highest BCUT2D eigenvalue weighted by atomic mass is 35.5. The zero-order valence-corrected chi connectivity index (χ0v) is 23.9. The fraction of sp³-hybridized carbons (Fsp3) is 0.393. The van der Waals surface area contributed by atoms with Crippen LogP contribution < -0.4 is 20.7 Å². The van der Waals surface area contributed by atoms with Crippen LogP contribution in [0.3, 0.4) is 0 Å². The van der Waals surface area contributed by atoms with E-state index < -0.39 is 17.5 Å². The lowest BCUT2D eigenvalue weighted by atomic mass is 9.86. The number of carbonyl (C=O) groups excluding carboxylic acids is 2. The average Bonchev–Trinajstić information content (AvgIpc) is 3.24. The minimum absolute atomic E-state index is 0.0295. The maximum atomic E-state index is 14.6. The topological polar surface area (TPSA) is 97.3 Å². The first-order valence-corrected chi connectivity index (χ1v) is 13.3. The number of methoxy groups -OCH3 is 1. The third kappa shape index (κ3) is 6.60. The zero-order chi connectivity index (χ0) is 29.2. The molecule has 3 aromatic rings. The van der Waals surface area contributed by atoms with Gasteiger partial charge in [-0.2, -0.15) is 4.39 Å². The number of anilines is 1. The largest absolute Gasteiger partial charge is 0.494 e. The van der Waals surface area contributed by atoms with Gasteiger partial charge in [-0.25, -0.2) is 9.37 Å². The number of carbonyl (C=O) groups is 2. The van der Waals surface area contributed by atoms with Gasteiger partial charge in [-0.1, -0.05) is 11.6 Å². The van der Waals surface area contributed by atoms with Gasteiger partial charge >= 0.3 is 0 Å². The van der Waals surface area contributed by atoms with Crippen molar-refractivity contribution in [1.82, 2.24) is 20.2 Å².